The van der Waals surface area contributed by atoms with Gasteiger partial charge in [0.05, 0.1) is 4.47 Å². The summed E-state index contributed by atoms with van der Waals surface area (Å²) >= 11 is 3.42. The number of aromatic hydroxyl groups is 1. The molecule has 0 amide bonds. The molecule has 1 aromatic carbocycles. The maximum absolute atomic E-state index is 10.0. The third-order valence-corrected chi connectivity index (χ3v) is 4.45. The normalized spacial score (nSPS) is 21.1. The zero-order chi connectivity index (χ0) is 11.7. The smallest absolute Gasteiger partial charge is 0.133 e. The van der Waals surface area contributed by atoms with E-state index in [-0.39, 0.29) is 0 Å². The first kappa shape index (κ1) is 11.9. The molecule has 1 aliphatic heterocycles. The molecule has 0 saturated carbocycles. The fourth-order valence-corrected chi connectivity index (χ4v) is 2.85. The molecule has 88 valence electrons. The van der Waals surface area contributed by atoms with Crippen molar-refractivity contribution >= 4 is 15.9 Å². The van der Waals surface area contributed by atoms with Crippen LogP contribution in [-0.4, -0.2) is 18.2 Å². The predicted octanol–water partition coefficient (Wildman–Crippen LogP) is 3.24. The standard InChI is InChI=1S/C13H18BrNO/c1-8-6-11(9(2)13(16)12(8)14)10-4-3-5-15-7-10/h6,10,15-16H,3-5,7H2,1-2H3. The lowest BCUT2D eigenvalue weighted by Gasteiger charge is -2.25. The number of nitrogens with one attached hydrogen (secondary N) is 1. The zero-order valence-electron chi connectivity index (χ0n) is 9.81. The van der Waals surface area contributed by atoms with Gasteiger partial charge in [-0.05, 0) is 71.8 Å². The van der Waals surface area contributed by atoms with Crippen LogP contribution in [0.3, 0.4) is 0 Å². The van der Waals surface area contributed by atoms with Crippen molar-refractivity contribution in [3.63, 3.8) is 0 Å². The van der Waals surface area contributed by atoms with Crippen LogP contribution in [-0.2, 0) is 0 Å². The number of hydrogen-bond acceptors (Lipinski definition) is 2. The van der Waals surface area contributed by atoms with Crippen molar-refractivity contribution in [2.24, 2.45) is 0 Å². The van der Waals surface area contributed by atoms with Crippen LogP contribution in [0, 0.1) is 13.8 Å². The van der Waals surface area contributed by atoms with E-state index in [1.165, 1.54) is 18.4 Å². The molecule has 16 heavy (non-hydrogen) atoms. The fraction of sp³-hybridized carbons (Fsp3) is 0.538. The van der Waals surface area contributed by atoms with E-state index >= 15 is 0 Å². The lowest BCUT2D eigenvalue weighted by molar-refractivity contribution is 0.446. The number of rotatable bonds is 1. The van der Waals surface area contributed by atoms with Crippen LogP contribution in [0.15, 0.2) is 10.5 Å². The quantitative estimate of drug-likeness (QED) is 0.829. The first-order valence-electron chi connectivity index (χ1n) is 5.80. The minimum absolute atomic E-state index is 0.403. The second-order valence-electron chi connectivity index (χ2n) is 4.61. The van der Waals surface area contributed by atoms with Gasteiger partial charge in [0.25, 0.3) is 0 Å². The van der Waals surface area contributed by atoms with Crippen LogP contribution in [0.2, 0.25) is 0 Å². The van der Waals surface area contributed by atoms with Crippen molar-refractivity contribution in [3.8, 4) is 5.75 Å². The Labute approximate surface area is 105 Å². The van der Waals surface area contributed by atoms with Crippen LogP contribution < -0.4 is 5.32 Å². The molecule has 1 aromatic rings. The van der Waals surface area contributed by atoms with Gasteiger partial charge in [0, 0.05) is 6.54 Å². The molecule has 0 spiro atoms. The molecule has 1 unspecified atom stereocenters. The van der Waals surface area contributed by atoms with Crippen molar-refractivity contribution < 1.29 is 5.11 Å². The Kier molecular flexibility index (Phi) is 3.55. The first-order valence-corrected chi connectivity index (χ1v) is 6.60. The summed E-state index contributed by atoms with van der Waals surface area (Å²) in [5.41, 5.74) is 3.43. The van der Waals surface area contributed by atoms with Gasteiger partial charge in [-0.3, -0.25) is 0 Å². The highest BCUT2D eigenvalue weighted by molar-refractivity contribution is 9.10. The van der Waals surface area contributed by atoms with Crippen molar-refractivity contribution in [1.82, 2.24) is 5.32 Å². The number of aryl methyl sites for hydroxylation is 1. The highest BCUT2D eigenvalue weighted by Gasteiger charge is 2.20. The molecule has 0 aromatic heterocycles. The Morgan fingerprint density at radius 3 is 2.81 bits per heavy atom. The van der Waals surface area contributed by atoms with Gasteiger partial charge in [-0.15, -0.1) is 0 Å². The van der Waals surface area contributed by atoms with Gasteiger partial charge in [0.15, 0.2) is 0 Å². The summed E-state index contributed by atoms with van der Waals surface area (Å²) in [6, 6.07) is 2.21. The van der Waals surface area contributed by atoms with Crippen molar-refractivity contribution in [3.05, 3.63) is 27.2 Å². The Balaban J connectivity index is 2.40. The molecule has 0 bridgehead atoms. The molecular formula is C13H18BrNO. The second-order valence-corrected chi connectivity index (χ2v) is 5.41. The van der Waals surface area contributed by atoms with E-state index in [2.05, 4.69) is 27.3 Å². The zero-order valence-corrected chi connectivity index (χ0v) is 11.4. The van der Waals surface area contributed by atoms with Crippen LogP contribution in [0.4, 0.5) is 0 Å². The summed E-state index contributed by atoms with van der Waals surface area (Å²) in [5, 5.41) is 13.5. The molecule has 0 aliphatic carbocycles. The van der Waals surface area contributed by atoms with Gasteiger partial charge in [0.2, 0.25) is 0 Å². The summed E-state index contributed by atoms with van der Waals surface area (Å²) < 4.78 is 0.831. The van der Waals surface area contributed by atoms with E-state index < -0.39 is 0 Å². The largest absolute Gasteiger partial charge is 0.506 e. The molecule has 1 saturated heterocycles. The number of halogens is 1. The maximum Gasteiger partial charge on any atom is 0.133 e. The SMILES string of the molecule is Cc1cc(C2CCCNC2)c(C)c(O)c1Br. The molecule has 3 heteroatoms. The molecular weight excluding hydrogens is 266 g/mol. The van der Waals surface area contributed by atoms with Gasteiger partial charge in [0.1, 0.15) is 5.75 Å². The number of piperidine rings is 1. The Morgan fingerprint density at radius 2 is 2.19 bits per heavy atom. The Hall–Kier alpha value is -0.540. The maximum atomic E-state index is 10.0. The van der Waals surface area contributed by atoms with Gasteiger partial charge in [-0.2, -0.15) is 0 Å². The summed E-state index contributed by atoms with van der Waals surface area (Å²) in [4.78, 5) is 0. The highest BCUT2D eigenvalue weighted by Crippen LogP contribution is 2.37. The van der Waals surface area contributed by atoms with Crippen LogP contribution in [0.5, 0.6) is 5.75 Å². The molecule has 1 aliphatic rings. The van der Waals surface area contributed by atoms with Crippen molar-refractivity contribution in [1.29, 1.82) is 0 Å². The second kappa shape index (κ2) is 4.76. The Morgan fingerprint density at radius 1 is 1.44 bits per heavy atom. The first-order chi connectivity index (χ1) is 7.61. The van der Waals surface area contributed by atoms with Gasteiger partial charge in [-0.25, -0.2) is 0 Å². The minimum Gasteiger partial charge on any atom is -0.506 e. The summed E-state index contributed by atoms with van der Waals surface area (Å²) in [5.74, 6) is 0.951. The summed E-state index contributed by atoms with van der Waals surface area (Å²) in [6.07, 6.45) is 2.44. The van der Waals surface area contributed by atoms with E-state index in [0.717, 1.165) is 28.7 Å². The summed E-state index contributed by atoms with van der Waals surface area (Å²) in [7, 11) is 0. The number of hydrogen-bond donors (Lipinski definition) is 2. The van der Waals surface area contributed by atoms with E-state index in [1.807, 2.05) is 13.8 Å². The molecule has 2 N–H and O–H groups in total. The van der Waals surface area contributed by atoms with Crippen molar-refractivity contribution in [2.45, 2.75) is 32.6 Å². The lowest BCUT2D eigenvalue weighted by Crippen LogP contribution is -2.28. The third kappa shape index (κ3) is 2.11. The van der Waals surface area contributed by atoms with Crippen LogP contribution >= 0.6 is 15.9 Å². The Bertz CT molecular complexity index is 397. The van der Waals surface area contributed by atoms with Crippen LogP contribution in [0.1, 0.15) is 35.4 Å². The fourth-order valence-electron chi connectivity index (χ4n) is 2.43. The average molecular weight is 284 g/mol. The van der Waals surface area contributed by atoms with Gasteiger partial charge in [-0.1, -0.05) is 6.07 Å². The van der Waals surface area contributed by atoms with Gasteiger partial charge >= 0.3 is 0 Å². The van der Waals surface area contributed by atoms with E-state index in [1.54, 1.807) is 0 Å². The van der Waals surface area contributed by atoms with E-state index in [4.69, 9.17) is 0 Å². The number of phenolic OH excluding ortho intramolecular Hbond substituents is 1. The highest BCUT2D eigenvalue weighted by atomic mass is 79.9. The summed E-state index contributed by atoms with van der Waals surface area (Å²) in [6.45, 7) is 6.19. The topological polar surface area (TPSA) is 32.3 Å². The van der Waals surface area contributed by atoms with Gasteiger partial charge < -0.3 is 10.4 Å². The molecule has 1 heterocycles. The lowest BCUT2D eigenvalue weighted by atomic mass is 9.87. The third-order valence-electron chi connectivity index (χ3n) is 3.45. The number of benzene rings is 1. The number of phenols is 1. The molecule has 0 radical (unpaired) electrons. The van der Waals surface area contributed by atoms with Crippen LogP contribution in [0.25, 0.3) is 0 Å². The molecule has 2 rings (SSSR count). The monoisotopic (exact) mass is 283 g/mol. The molecule has 1 fully saturated rings. The average Bonchev–Trinajstić information content (AvgIpc) is 2.32. The predicted molar refractivity (Wildman–Crippen MR) is 70.1 cm³/mol. The van der Waals surface area contributed by atoms with E-state index in [0.29, 0.717) is 11.7 Å². The van der Waals surface area contributed by atoms with E-state index in [9.17, 15) is 5.11 Å². The molecule has 2 nitrogen and oxygen atoms in total. The molecule has 1 atom stereocenters. The van der Waals surface area contributed by atoms with Crippen molar-refractivity contribution in [2.75, 3.05) is 13.1 Å². The minimum atomic E-state index is 0.403.